The van der Waals surface area contributed by atoms with E-state index in [4.69, 9.17) is 9.47 Å². The third-order valence-electron chi connectivity index (χ3n) is 4.70. The smallest absolute Gasteiger partial charge is 0.241 e. The third-order valence-corrected chi connectivity index (χ3v) is 6.10. The summed E-state index contributed by atoms with van der Waals surface area (Å²) in [5.74, 6) is 1.01. The highest BCUT2D eigenvalue weighted by molar-refractivity contribution is 7.89. The van der Waals surface area contributed by atoms with Crippen LogP contribution < -0.4 is 14.2 Å². The fraction of sp³-hybridized carbons (Fsp3) is 0.350. The van der Waals surface area contributed by atoms with Crippen molar-refractivity contribution < 1.29 is 22.7 Å². The minimum Gasteiger partial charge on any atom is -0.493 e. The monoisotopic (exact) mass is 404 g/mol. The molecular weight excluding hydrogens is 380 g/mol. The Morgan fingerprint density at radius 2 is 1.68 bits per heavy atom. The fourth-order valence-electron chi connectivity index (χ4n) is 3.10. The van der Waals surface area contributed by atoms with E-state index < -0.39 is 10.0 Å². The van der Waals surface area contributed by atoms with Gasteiger partial charge in [0.15, 0.2) is 11.5 Å². The maximum atomic E-state index is 12.6. The first-order valence-corrected chi connectivity index (χ1v) is 10.5. The van der Waals surface area contributed by atoms with Gasteiger partial charge in [-0.1, -0.05) is 24.3 Å². The standard InChI is InChI=1S/C20H24N2O5S/c1-26-18-10-9-17(12-19(18)27-2)28(24,25)21-13-15-5-7-16(8-6-15)14-22-11-3-4-20(22)23/h5-10,12,21H,3-4,11,13-14H2,1-2H3. The third kappa shape index (κ3) is 4.63. The quantitative estimate of drug-likeness (QED) is 0.730. The van der Waals surface area contributed by atoms with Gasteiger partial charge in [-0.2, -0.15) is 0 Å². The van der Waals surface area contributed by atoms with Crippen LogP contribution in [0, 0.1) is 0 Å². The van der Waals surface area contributed by atoms with Crippen molar-refractivity contribution in [2.24, 2.45) is 0 Å². The molecule has 8 heteroatoms. The molecule has 1 amide bonds. The Bertz CT molecular complexity index is 942. The maximum absolute atomic E-state index is 12.6. The second-order valence-corrected chi connectivity index (χ2v) is 8.34. The molecule has 2 aromatic carbocycles. The predicted octanol–water partition coefficient (Wildman–Crippen LogP) is 2.30. The van der Waals surface area contributed by atoms with Gasteiger partial charge < -0.3 is 14.4 Å². The lowest BCUT2D eigenvalue weighted by atomic mass is 10.1. The molecule has 28 heavy (non-hydrogen) atoms. The van der Waals surface area contributed by atoms with Gasteiger partial charge in [0.25, 0.3) is 0 Å². The van der Waals surface area contributed by atoms with Gasteiger partial charge in [0.2, 0.25) is 15.9 Å². The number of sulfonamides is 1. The van der Waals surface area contributed by atoms with Crippen LogP contribution in [0.1, 0.15) is 24.0 Å². The van der Waals surface area contributed by atoms with Gasteiger partial charge in [0.05, 0.1) is 19.1 Å². The van der Waals surface area contributed by atoms with E-state index in [9.17, 15) is 13.2 Å². The zero-order valence-corrected chi connectivity index (χ0v) is 16.8. The summed E-state index contributed by atoms with van der Waals surface area (Å²) < 4.78 is 38.0. The highest BCUT2D eigenvalue weighted by Crippen LogP contribution is 2.29. The van der Waals surface area contributed by atoms with Crippen LogP contribution in [0.3, 0.4) is 0 Å². The number of rotatable bonds is 8. The van der Waals surface area contributed by atoms with Gasteiger partial charge in [0.1, 0.15) is 0 Å². The number of benzene rings is 2. The van der Waals surface area contributed by atoms with Crippen LogP contribution in [-0.2, 0) is 27.9 Å². The van der Waals surface area contributed by atoms with Crippen LogP contribution in [0.2, 0.25) is 0 Å². The molecule has 2 aromatic rings. The summed E-state index contributed by atoms with van der Waals surface area (Å²) in [7, 11) is -0.740. The van der Waals surface area contributed by atoms with Crippen molar-refractivity contribution in [3.63, 3.8) is 0 Å². The molecule has 0 aromatic heterocycles. The van der Waals surface area contributed by atoms with E-state index in [1.807, 2.05) is 29.2 Å². The molecule has 0 spiro atoms. The number of methoxy groups -OCH3 is 2. The zero-order valence-electron chi connectivity index (χ0n) is 16.0. The number of carbonyl (C=O) groups is 1. The highest BCUT2D eigenvalue weighted by Gasteiger charge is 2.20. The highest BCUT2D eigenvalue weighted by atomic mass is 32.2. The Balaban J connectivity index is 1.63. The number of hydrogen-bond donors (Lipinski definition) is 1. The van der Waals surface area contributed by atoms with Gasteiger partial charge in [-0.15, -0.1) is 0 Å². The molecule has 0 radical (unpaired) electrons. The van der Waals surface area contributed by atoms with Gasteiger partial charge in [-0.3, -0.25) is 4.79 Å². The van der Waals surface area contributed by atoms with E-state index >= 15 is 0 Å². The minimum absolute atomic E-state index is 0.106. The van der Waals surface area contributed by atoms with E-state index in [2.05, 4.69) is 4.72 Å². The van der Waals surface area contributed by atoms with Gasteiger partial charge in [-0.05, 0) is 29.7 Å². The predicted molar refractivity (Wildman–Crippen MR) is 105 cm³/mol. The Labute approximate surface area is 165 Å². The largest absolute Gasteiger partial charge is 0.493 e. The lowest BCUT2D eigenvalue weighted by molar-refractivity contribution is -0.128. The number of carbonyl (C=O) groups excluding carboxylic acids is 1. The summed E-state index contributed by atoms with van der Waals surface area (Å²) in [6.45, 7) is 1.56. The molecule has 0 atom stereocenters. The molecule has 0 unspecified atom stereocenters. The molecule has 0 bridgehead atoms. The summed E-state index contributed by atoms with van der Waals surface area (Å²) in [5, 5.41) is 0. The summed E-state index contributed by atoms with van der Waals surface area (Å²) in [6.07, 6.45) is 1.53. The van der Waals surface area contributed by atoms with Crippen LogP contribution in [0.15, 0.2) is 47.4 Å². The second-order valence-electron chi connectivity index (χ2n) is 6.58. The molecule has 1 fully saturated rings. The minimum atomic E-state index is -3.69. The first kappa shape index (κ1) is 20.2. The molecule has 1 saturated heterocycles. The van der Waals surface area contributed by atoms with Crippen molar-refractivity contribution in [2.45, 2.75) is 30.8 Å². The van der Waals surface area contributed by atoms with Crippen LogP contribution in [0.4, 0.5) is 0 Å². The maximum Gasteiger partial charge on any atom is 0.241 e. The molecule has 0 aliphatic carbocycles. The molecule has 1 heterocycles. The normalized spacial score (nSPS) is 14.4. The Hall–Kier alpha value is -2.58. The summed E-state index contributed by atoms with van der Waals surface area (Å²) in [6, 6.07) is 12.0. The average Bonchev–Trinajstić information content (AvgIpc) is 3.11. The van der Waals surface area contributed by atoms with Crippen molar-refractivity contribution in [1.29, 1.82) is 0 Å². The number of ether oxygens (including phenoxy) is 2. The van der Waals surface area contributed by atoms with Crippen molar-refractivity contribution >= 4 is 15.9 Å². The van der Waals surface area contributed by atoms with E-state index in [1.54, 1.807) is 6.07 Å². The number of hydrogen-bond acceptors (Lipinski definition) is 5. The molecular formula is C20H24N2O5S. The van der Waals surface area contributed by atoms with E-state index in [-0.39, 0.29) is 17.3 Å². The van der Waals surface area contributed by atoms with Crippen LogP contribution in [-0.4, -0.2) is 40.0 Å². The van der Waals surface area contributed by atoms with Crippen LogP contribution in [0.25, 0.3) is 0 Å². The molecule has 1 N–H and O–H groups in total. The Morgan fingerprint density at radius 1 is 1.00 bits per heavy atom. The number of nitrogens with one attached hydrogen (secondary N) is 1. The number of nitrogens with zero attached hydrogens (tertiary/aromatic N) is 1. The van der Waals surface area contributed by atoms with E-state index in [0.29, 0.717) is 24.5 Å². The number of amides is 1. The van der Waals surface area contributed by atoms with E-state index in [0.717, 1.165) is 24.1 Å². The van der Waals surface area contributed by atoms with Crippen molar-refractivity contribution in [2.75, 3.05) is 20.8 Å². The molecule has 0 saturated carbocycles. The molecule has 7 nitrogen and oxygen atoms in total. The summed E-state index contributed by atoms with van der Waals surface area (Å²) in [5.41, 5.74) is 1.86. The summed E-state index contributed by atoms with van der Waals surface area (Å²) in [4.78, 5) is 13.7. The SMILES string of the molecule is COc1ccc(S(=O)(=O)NCc2ccc(CN3CCCC3=O)cc2)cc1OC. The topological polar surface area (TPSA) is 84.9 Å². The lowest BCUT2D eigenvalue weighted by Crippen LogP contribution is -2.24. The first-order valence-electron chi connectivity index (χ1n) is 9.00. The number of likely N-dealkylation sites (tertiary alicyclic amines) is 1. The zero-order chi connectivity index (χ0) is 20.1. The molecule has 3 rings (SSSR count). The fourth-order valence-corrected chi connectivity index (χ4v) is 4.13. The van der Waals surface area contributed by atoms with E-state index in [1.165, 1.54) is 26.4 Å². The Kier molecular flexibility index (Phi) is 6.21. The average molecular weight is 404 g/mol. The Morgan fingerprint density at radius 3 is 2.29 bits per heavy atom. The van der Waals surface area contributed by atoms with Crippen LogP contribution >= 0.6 is 0 Å². The van der Waals surface area contributed by atoms with Crippen molar-refractivity contribution in [3.05, 3.63) is 53.6 Å². The van der Waals surface area contributed by atoms with Crippen molar-refractivity contribution in [1.82, 2.24) is 9.62 Å². The first-order chi connectivity index (χ1) is 13.4. The van der Waals surface area contributed by atoms with Gasteiger partial charge >= 0.3 is 0 Å². The molecule has 1 aliphatic heterocycles. The van der Waals surface area contributed by atoms with Gasteiger partial charge in [0, 0.05) is 32.1 Å². The second kappa shape index (κ2) is 8.62. The molecule has 150 valence electrons. The van der Waals surface area contributed by atoms with Crippen LogP contribution in [0.5, 0.6) is 11.5 Å². The van der Waals surface area contributed by atoms with Gasteiger partial charge in [-0.25, -0.2) is 13.1 Å². The summed E-state index contributed by atoms with van der Waals surface area (Å²) >= 11 is 0. The molecule has 1 aliphatic rings. The van der Waals surface area contributed by atoms with Crippen molar-refractivity contribution in [3.8, 4) is 11.5 Å². The lowest BCUT2D eigenvalue weighted by Gasteiger charge is -2.15.